The second kappa shape index (κ2) is 8.10. The van der Waals surface area contributed by atoms with E-state index in [9.17, 15) is 9.18 Å². The summed E-state index contributed by atoms with van der Waals surface area (Å²) in [5.41, 5.74) is 4.85. The van der Waals surface area contributed by atoms with E-state index in [1.807, 2.05) is 45.0 Å². The van der Waals surface area contributed by atoms with Crippen molar-refractivity contribution in [3.63, 3.8) is 0 Å². The predicted molar refractivity (Wildman–Crippen MR) is 114 cm³/mol. The summed E-state index contributed by atoms with van der Waals surface area (Å²) in [7, 11) is 0. The number of imidazole rings is 1. The first-order valence-corrected chi connectivity index (χ1v) is 9.96. The fourth-order valence-corrected chi connectivity index (χ4v) is 3.57. The third kappa shape index (κ3) is 3.96. The van der Waals surface area contributed by atoms with E-state index in [2.05, 4.69) is 25.5 Å². The van der Waals surface area contributed by atoms with Gasteiger partial charge in [0.1, 0.15) is 11.6 Å². The van der Waals surface area contributed by atoms with Crippen LogP contribution in [-0.4, -0.2) is 26.1 Å². The van der Waals surface area contributed by atoms with Gasteiger partial charge in [-0.15, -0.1) is 0 Å². The van der Waals surface area contributed by atoms with Crippen LogP contribution in [0.1, 0.15) is 37.0 Å². The Morgan fingerprint density at radius 3 is 2.57 bits per heavy atom. The number of hydrogen-bond acceptors (Lipinski definition) is 3. The first-order chi connectivity index (χ1) is 14.4. The van der Waals surface area contributed by atoms with E-state index in [1.165, 1.54) is 12.1 Å². The van der Waals surface area contributed by atoms with Crippen LogP contribution in [0.4, 0.5) is 4.39 Å². The Morgan fingerprint density at radius 1 is 1.13 bits per heavy atom. The van der Waals surface area contributed by atoms with Crippen LogP contribution in [0.2, 0.25) is 0 Å². The van der Waals surface area contributed by atoms with Crippen molar-refractivity contribution >= 4 is 16.9 Å². The van der Waals surface area contributed by atoms with Gasteiger partial charge in [-0.1, -0.05) is 26.0 Å². The van der Waals surface area contributed by atoms with Gasteiger partial charge in [0, 0.05) is 16.8 Å². The molecule has 30 heavy (non-hydrogen) atoms. The molecule has 0 saturated heterocycles. The minimum absolute atomic E-state index is 0.123. The summed E-state index contributed by atoms with van der Waals surface area (Å²) in [5, 5.41) is 10.4. The summed E-state index contributed by atoms with van der Waals surface area (Å²) >= 11 is 0. The van der Waals surface area contributed by atoms with E-state index in [0.717, 1.165) is 33.7 Å². The van der Waals surface area contributed by atoms with Gasteiger partial charge in [0.25, 0.3) is 0 Å². The maximum absolute atomic E-state index is 13.3. The lowest BCUT2D eigenvalue weighted by atomic mass is 10.0. The van der Waals surface area contributed by atoms with Gasteiger partial charge in [0.15, 0.2) is 0 Å². The van der Waals surface area contributed by atoms with E-state index < -0.39 is 0 Å². The zero-order chi connectivity index (χ0) is 21.3. The molecule has 0 aliphatic carbocycles. The Balaban J connectivity index is 1.56. The molecule has 1 amide bonds. The summed E-state index contributed by atoms with van der Waals surface area (Å²) < 4.78 is 13.3. The number of nitrogens with zero attached hydrogens (tertiary/aromatic N) is 2. The summed E-state index contributed by atoms with van der Waals surface area (Å²) in [6, 6.07) is 13.7. The number of nitrogens with one attached hydrogen (secondary N) is 3. The van der Waals surface area contributed by atoms with Gasteiger partial charge in [-0.05, 0) is 49.2 Å². The number of amides is 1. The van der Waals surface area contributed by atoms with Crippen molar-refractivity contribution < 1.29 is 9.18 Å². The number of aryl methyl sites for hydroxylation is 1. The van der Waals surface area contributed by atoms with E-state index in [0.29, 0.717) is 5.69 Å². The first-order valence-electron chi connectivity index (χ1n) is 9.96. The number of fused-ring (bicyclic) bond motifs is 1. The van der Waals surface area contributed by atoms with Crippen molar-refractivity contribution in [2.45, 2.75) is 33.2 Å². The van der Waals surface area contributed by atoms with Crippen LogP contribution in [-0.2, 0) is 11.2 Å². The fraction of sp³-hybridized carbons (Fsp3) is 0.261. The quantitative estimate of drug-likeness (QED) is 0.443. The lowest BCUT2D eigenvalue weighted by Crippen LogP contribution is -2.33. The normalized spacial score (nSPS) is 12.4. The molecule has 2 heterocycles. The average Bonchev–Trinajstić information content (AvgIpc) is 3.30. The van der Waals surface area contributed by atoms with E-state index in [4.69, 9.17) is 0 Å². The van der Waals surface area contributed by atoms with Gasteiger partial charge >= 0.3 is 0 Å². The molecule has 0 radical (unpaired) electrons. The Kier molecular flexibility index (Phi) is 5.35. The molecule has 6 nitrogen and oxygen atoms in total. The number of para-hydroxylation sites is 2. The van der Waals surface area contributed by atoms with Crippen LogP contribution in [0.5, 0.6) is 0 Å². The van der Waals surface area contributed by atoms with Gasteiger partial charge in [0.05, 0.1) is 29.2 Å². The molecule has 1 atom stereocenters. The topological polar surface area (TPSA) is 86.5 Å². The Labute approximate surface area is 173 Å². The zero-order valence-electron chi connectivity index (χ0n) is 17.2. The minimum Gasteiger partial charge on any atom is -0.346 e. The van der Waals surface area contributed by atoms with Crippen LogP contribution in [0, 0.1) is 18.7 Å². The number of hydrogen-bond donors (Lipinski definition) is 3. The van der Waals surface area contributed by atoms with E-state index in [-0.39, 0.29) is 30.1 Å². The van der Waals surface area contributed by atoms with Crippen molar-refractivity contribution in [3.8, 4) is 11.3 Å². The fourth-order valence-electron chi connectivity index (χ4n) is 3.57. The molecule has 0 spiro atoms. The molecule has 0 unspecified atom stereocenters. The molecule has 0 saturated carbocycles. The Morgan fingerprint density at radius 2 is 1.87 bits per heavy atom. The number of H-pyrrole nitrogens is 2. The smallest absolute Gasteiger partial charge is 0.225 e. The van der Waals surface area contributed by atoms with Crippen molar-refractivity contribution in [3.05, 3.63) is 71.4 Å². The molecule has 0 aliphatic heterocycles. The van der Waals surface area contributed by atoms with Crippen LogP contribution < -0.4 is 5.32 Å². The number of halogens is 1. The minimum atomic E-state index is -0.309. The highest BCUT2D eigenvalue weighted by atomic mass is 19.1. The number of aromatic nitrogens is 4. The Bertz CT molecular complexity index is 1140. The largest absolute Gasteiger partial charge is 0.346 e. The predicted octanol–water partition coefficient (Wildman–Crippen LogP) is 4.46. The third-order valence-electron chi connectivity index (χ3n) is 5.21. The van der Waals surface area contributed by atoms with E-state index >= 15 is 0 Å². The van der Waals surface area contributed by atoms with Crippen molar-refractivity contribution in [2.75, 3.05) is 0 Å². The highest BCUT2D eigenvalue weighted by molar-refractivity contribution is 5.82. The molecule has 0 bridgehead atoms. The molecule has 4 aromatic rings. The SMILES string of the molecule is Cc1[nH]nc(-c2ccc(F)cc2)c1CC(=O)N[C@H](c1nc2ccccc2[nH]1)C(C)C. The summed E-state index contributed by atoms with van der Waals surface area (Å²) in [6.07, 6.45) is 0.165. The summed E-state index contributed by atoms with van der Waals surface area (Å²) in [6.45, 7) is 5.97. The molecular weight excluding hydrogens is 381 g/mol. The van der Waals surface area contributed by atoms with E-state index in [1.54, 1.807) is 12.1 Å². The number of carbonyl (C=O) groups excluding carboxylic acids is 1. The van der Waals surface area contributed by atoms with Crippen molar-refractivity contribution in [1.82, 2.24) is 25.5 Å². The number of carbonyl (C=O) groups is 1. The van der Waals surface area contributed by atoms with Crippen LogP contribution in [0.3, 0.4) is 0 Å². The number of aromatic amines is 2. The second-order valence-electron chi connectivity index (χ2n) is 7.79. The lowest BCUT2D eigenvalue weighted by molar-refractivity contribution is -0.121. The molecule has 0 fully saturated rings. The molecule has 3 N–H and O–H groups in total. The van der Waals surface area contributed by atoms with Gasteiger partial charge in [-0.3, -0.25) is 9.89 Å². The highest BCUT2D eigenvalue weighted by Crippen LogP contribution is 2.26. The third-order valence-corrected chi connectivity index (χ3v) is 5.21. The molecule has 2 aromatic carbocycles. The average molecular weight is 405 g/mol. The monoisotopic (exact) mass is 405 g/mol. The maximum Gasteiger partial charge on any atom is 0.225 e. The molecule has 2 aromatic heterocycles. The van der Waals surface area contributed by atoms with Crippen molar-refractivity contribution in [2.24, 2.45) is 5.92 Å². The first kappa shape index (κ1) is 19.8. The Hall–Kier alpha value is -3.48. The van der Waals surface area contributed by atoms with Crippen LogP contribution >= 0.6 is 0 Å². The molecule has 7 heteroatoms. The van der Waals surface area contributed by atoms with Crippen LogP contribution in [0.25, 0.3) is 22.3 Å². The highest BCUT2D eigenvalue weighted by Gasteiger charge is 2.23. The molecule has 0 aliphatic rings. The zero-order valence-corrected chi connectivity index (χ0v) is 17.2. The number of rotatable bonds is 6. The molecule has 154 valence electrons. The summed E-state index contributed by atoms with van der Waals surface area (Å²) in [4.78, 5) is 20.9. The van der Waals surface area contributed by atoms with Crippen molar-refractivity contribution in [1.29, 1.82) is 0 Å². The van der Waals surface area contributed by atoms with Gasteiger partial charge in [-0.25, -0.2) is 9.37 Å². The number of benzene rings is 2. The lowest BCUT2D eigenvalue weighted by Gasteiger charge is -2.20. The standard InChI is InChI=1S/C23H24FN5O/c1-13(2)21(23-25-18-6-4-5-7-19(18)26-23)27-20(30)12-17-14(3)28-29-22(17)15-8-10-16(24)11-9-15/h4-11,13,21H,12H2,1-3H3,(H,25,26)(H,27,30)(H,28,29)/t21-/m0/s1. The van der Waals surface area contributed by atoms with Gasteiger partial charge < -0.3 is 10.3 Å². The molecule has 4 rings (SSSR count). The summed E-state index contributed by atoms with van der Waals surface area (Å²) in [5.74, 6) is 0.455. The van der Waals surface area contributed by atoms with Gasteiger partial charge in [0.2, 0.25) is 5.91 Å². The van der Waals surface area contributed by atoms with Gasteiger partial charge in [-0.2, -0.15) is 5.10 Å². The maximum atomic E-state index is 13.3. The second-order valence-corrected chi connectivity index (χ2v) is 7.79. The van der Waals surface area contributed by atoms with Crippen LogP contribution in [0.15, 0.2) is 48.5 Å². The molecular formula is C23H24FN5O.